The van der Waals surface area contributed by atoms with Crippen LogP contribution in [0.3, 0.4) is 0 Å². The Labute approximate surface area is 149 Å². The molecule has 0 aliphatic heterocycles. The highest BCUT2D eigenvalue weighted by Gasteiger charge is 2.21. The molecule has 2 rings (SSSR count). The molecular weight excluding hydrogens is 340 g/mol. The van der Waals surface area contributed by atoms with Crippen molar-refractivity contribution in [3.05, 3.63) is 29.3 Å². The van der Waals surface area contributed by atoms with Crippen LogP contribution in [-0.2, 0) is 0 Å². The van der Waals surface area contributed by atoms with Gasteiger partial charge in [-0.2, -0.15) is 10.5 Å². The maximum absolute atomic E-state index is 10.0. The topological polar surface area (TPSA) is 136 Å². The number of ether oxygens (including phenoxy) is 1. The van der Waals surface area contributed by atoms with E-state index in [1.807, 2.05) is 6.07 Å². The van der Waals surface area contributed by atoms with Crippen molar-refractivity contribution in [3.8, 4) is 34.8 Å². The molecule has 128 valence electrons. The Kier molecular flexibility index (Phi) is 6.07. The third-order valence-electron chi connectivity index (χ3n) is 3.42. The average molecular weight is 356 g/mol. The molecule has 0 fully saturated rings. The number of phenolic OH excluding ortho intramolecular Hbond substituents is 1. The van der Waals surface area contributed by atoms with Gasteiger partial charge < -0.3 is 20.7 Å². The summed E-state index contributed by atoms with van der Waals surface area (Å²) in [5.74, 6) is 0.730. The van der Waals surface area contributed by atoms with E-state index in [0.717, 1.165) is 0 Å². The van der Waals surface area contributed by atoms with Crippen molar-refractivity contribution in [2.75, 3.05) is 25.2 Å². The van der Waals surface area contributed by atoms with Crippen LogP contribution < -0.4 is 10.5 Å². The standard InChI is InChI=1S/C17H16N4O3S/c1-24-14-4-3-10(7-13(14)23)15-11(8-18)16(20)21-17(12(15)9-19)25-6-2-5-22/h3-4,7,22-23H,2,5-6H2,1H3,(H2,20,21). The number of hydrogen-bond donors (Lipinski definition) is 3. The first-order valence-corrected chi connectivity index (χ1v) is 8.30. The SMILES string of the molecule is COc1ccc(-c2c(C#N)c(N)nc(SCCCO)c2C#N)cc1O. The molecule has 0 saturated heterocycles. The van der Waals surface area contributed by atoms with Crippen molar-refractivity contribution >= 4 is 17.6 Å². The summed E-state index contributed by atoms with van der Waals surface area (Å²) in [5, 5.41) is 38.4. The Bertz CT molecular complexity index is 872. The molecule has 7 nitrogen and oxygen atoms in total. The van der Waals surface area contributed by atoms with Crippen molar-refractivity contribution < 1.29 is 14.9 Å². The molecule has 1 heterocycles. The van der Waals surface area contributed by atoms with E-state index in [0.29, 0.717) is 28.3 Å². The summed E-state index contributed by atoms with van der Waals surface area (Å²) in [7, 11) is 1.43. The van der Waals surface area contributed by atoms with Crippen LogP contribution in [0.5, 0.6) is 11.5 Å². The smallest absolute Gasteiger partial charge is 0.160 e. The number of aliphatic hydroxyl groups excluding tert-OH is 1. The molecule has 0 aliphatic carbocycles. The molecule has 0 bridgehead atoms. The Morgan fingerprint density at radius 2 is 2.00 bits per heavy atom. The minimum atomic E-state index is -0.113. The van der Waals surface area contributed by atoms with Crippen molar-refractivity contribution in [2.45, 2.75) is 11.4 Å². The van der Waals surface area contributed by atoms with Gasteiger partial charge in [0.2, 0.25) is 0 Å². The number of nitrogens with zero attached hydrogens (tertiary/aromatic N) is 3. The quantitative estimate of drug-likeness (QED) is 0.529. The third kappa shape index (κ3) is 3.77. The van der Waals surface area contributed by atoms with E-state index in [1.165, 1.54) is 24.9 Å². The Morgan fingerprint density at radius 1 is 1.28 bits per heavy atom. The summed E-state index contributed by atoms with van der Waals surface area (Å²) in [6, 6.07) is 8.65. The second-order valence-corrected chi connectivity index (χ2v) is 6.05. The fourth-order valence-corrected chi connectivity index (χ4v) is 3.19. The number of aliphatic hydroxyl groups is 1. The number of nitrogen functional groups attached to an aromatic ring is 1. The van der Waals surface area contributed by atoms with Gasteiger partial charge in [-0.25, -0.2) is 4.98 Å². The van der Waals surface area contributed by atoms with Crippen LogP contribution >= 0.6 is 11.8 Å². The Morgan fingerprint density at radius 3 is 2.56 bits per heavy atom. The molecule has 2 aromatic rings. The molecule has 8 heteroatoms. The number of nitriles is 2. The van der Waals surface area contributed by atoms with E-state index < -0.39 is 0 Å². The van der Waals surface area contributed by atoms with E-state index >= 15 is 0 Å². The lowest BCUT2D eigenvalue weighted by molar-refractivity contribution is 0.296. The summed E-state index contributed by atoms with van der Waals surface area (Å²) in [5.41, 5.74) is 6.97. The molecule has 0 saturated carbocycles. The van der Waals surface area contributed by atoms with Gasteiger partial charge in [0.1, 0.15) is 28.5 Å². The Hall–Kier alpha value is -2.94. The van der Waals surface area contributed by atoms with Gasteiger partial charge in [-0.05, 0) is 24.1 Å². The first kappa shape index (κ1) is 18.4. The van der Waals surface area contributed by atoms with E-state index in [-0.39, 0.29) is 35.1 Å². The minimum absolute atomic E-state index is 0.0123. The highest BCUT2D eigenvalue weighted by atomic mass is 32.2. The second-order valence-electron chi connectivity index (χ2n) is 4.96. The lowest BCUT2D eigenvalue weighted by Crippen LogP contribution is -2.04. The summed E-state index contributed by atoms with van der Waals surface area (Å²) in [6.45, 7) is 0.0276. The fraction of sp³-hybridized carbons (Fsp3) is 0.235. The third-order valence-corrected chi connectivity index (χ3v) is 4.49. The van der Waals surface area contributed by atoms with Crippen LogP contribution in [0.15, 0.2) is 23.2 Å². The maximum Gasteiger partial charge on any atom is 0.160 e. The number of nitrogens with two attached hydrogens (primary N) is 1. The molecule has 0 spiro atoms. The van der Waals surface area contributed by atoms with Gasteiger partial charge in [-0.3, -0.25) is 0 Å². The highest BCUT2D eigenvalue weighted by molar-refractivity contribution is 7.99. The number of anilines is 1. The van der Waals surface area contributed by atoms with Crippen LogP contribution in [0.25, 0.3) is 11.1 Å². The molecule has 0 amide bonds. The lowest BCUT2D eigenvalue weighted by atomic mass is 9.96. The zero-order chi connectivity index (χ0) is 18.4. The first-order chi connectivity index (χ1) is 12.1. The number of aromatic hydroxyl groups is 1. The zero-order valence-corrected chi connectivity index (χ0v) is 14.3. The molecule has 25 heavy (non-hydrogen) atoms. The number of methoxy groups -OCH3 is 1. The molecule has 4 N–H and O–H groups in total. The lowest BCUT2D eigenvalue weighted by Gasteiger charge is -2.13. The van der Waals surface area contributed by atoms with E-state index in [1.54, 1.807) is 12.1 Å². The summed E-state index contributed by atoms with van der Waals surface area (Å²) in [4.78, 5) is 4.16. The van der Waals surface area contributed by atoms with Gasteiger partial charge in [0.15, 0.2) is 11.5 Å². The minimum Gasteiger partial charge on any atom is -0.504 e. The number of aromatic nitrogens is 1. The van der Waals surface area contributed by atoms with Crippen LogP contribution in [0.4, 0.5) is 5.82 Å². The van der Waals surface area contributed by atoms with Gasteiger partial charge in [-0.15, -0.1) is 11.8 Å². The second kappa shape index (κ2) is 8.25. The monoisotopic (exact) mass is 356 g/mol. The molecule has 0 atom stereocenters. The maximum atomic E-state index is 10.0. The molecule has 1 aromatic carbocycles. The van der Waals surface area contributed by atoms with Gasteiger partial charge in [-0.1, -0.05) is 6.07 Å². The number of rotatable bonds is 6. The molecule has 1 aromatic heterocycles. The summed E-state index contributed by atoms with van der Waals surface area (Å²) in [6.07, 6.45) is 0.537. The average Bonchev–Trinajstić information content (AvgIpc) is 2.61. The number of benzene rings is 1. The van der Waals surface area contributed by atoms with Crippen LogP contribution in [0.1, 0.15) is 17.5 Å². The normalized spacial score (nSPS) is 10.1. The summed E-state index contributed by atoms with van der Waals surface area (Å²) < 4.78 is 5.02. The predicted octanol–water partition coefficient (Wildman–Crippen LogP) is 2.26. The van der Waals surface area contributed by atoms with E-state index in [9.17, 15) is 15.6 Å². The molecule has 0 unspecified atom stereocenters. The van der Waals surface area contributed by atoms with Crippen molar-refractivity contribution in [1.82, 2.24) is 4.98 Å². The first-order valence-electron chi connectivity index (χ1n) is 7.32. The number of pyridine rings is 1. The van der Waals surface area contributed by atoms with E-state index in [4.69, 9.17) is 15.6 Å². The fourth-order valence-electron chi connectivity index (χ4n) is 2.27. The highest BCUT2D eigenvalue weighted by Crippen LogP contribution is 2.38. The van der Waals surface area contributed by atoms with Crippen molar-refractivity contribution in [2.24, 2.45) is 0 Å². The van der Waals surface area contributed by atoms with Crippen molar-refractivity contribution in [3.63, 3.8) is 0 Å². The number of thioether (sulfide) groups is 1. The molecule has 0 aliphatic rings. The number of phenols is 1. The van der Waals surface area contributed by atoms with E-state index in [2.05, 4.69) is 11.1 Å². The molecular formula is C17H16N4O3S. The van der Waals surface area contributed by atoms with Crippen molar-refractivity contribution in [1.29, 1.82) is 10.5 Å². The molecule has 0 radical (unpaired) electrons. The number of hydrogen-bond acceptors (Lipinski definition) is 8. The summed E-state index contributed by atoms with van der Waals surface area (Å²) >= 11 is 1.28. The Balaban J connectivity index is 2.68. The largest absolute Gasteiger partial charge is 0.504 e. The van der Waals surface area contributed by atoms with Crippen LogP contribution in [0, 0.1) is 22.7 Å². The van der Waals surface area contributed by atoms with Gasteiger partial charge in [0.25, 0.3) is 0 Å². The van der Waals surface area contributed by atoms with Gasteiger partial charge >= 0.3 is 0 Å². The van der Waals surface area contributed by atoms with Crippen LogP contribution in [-0.4, -0.2) is 34.7 Å². The van der Waals surface area contributed by atoms with Gasteiger partial charge in [0.05, 0.1) is 12.7 Å². The van der Waals surface area contributed by atoms with Gasteiger partial charge in [0, 0.05) is 17.9 Å². The predicted molar refractivity (Wildman–Crippen MR) is 94.2 cm³/mol. The zero-order valence-electron chi connectivity index (χ0n) is 13.5. The van der Waals surface area contributed by atoms with Crippen LogP contribution in [0.2, 0.25) is 0 Å².